The van der Waals surface area contributed by atoms with Crippen LogP contribution in [0.1, 0.15) is 43.0 Å². The Hall–Kier alpha value is -1.42. The monoisotopic (exact) mass is 264 g/mol. The van der Waals surface area contributed by atoms with Crippen molar-refractivity contribution in [1.82, 2.24) is 4.98 Å². The molecule has 0 amide bonds. The number of carbonyl (C=O) groups is 1. The molecular weight excluding hydrogens is 240 g/mol. The summed E-state index contributed by atoms with van der Waals surface area (Å²) in [6.07, 6.45) is 4.39. The molecule has 0 spiro atoms. The van der Waals surface area contributed by atoms with E-state index in [1.807, 2.05) is 13.8 Å². The maximum absolute atomic E-state index is 12.0. The van der Waals surface area contributed by atoms with Gasteiger partial charge in [-0.15, -0.1) is 0 Å². The van der Waals surface area contributed by atoms with Crippen LogP contribution in [0.3, 0.4) is 0 Å². The third-order valence-electron chi connectivity index (χ3n) is 3.26. The Morgan fingerprint density at radius 3 is 2.74 bits per heavy atom. The fraction of sp³-hybridized carbons (Fsp3) is 0.600. The second-order valence-electron chi connectivity index (χ2n) is 5.01. The Balaban J connectivity index is 2.75. The van der Waals surface area contributed by atoms with E-state index in [1.165, 1.54) is 0 Å². The molecule has 0 aliphatic heterocycles. The van der Waals surface area contributed by atoms with Gasteiger partial charge in [0.2, 0.25) is 0 Å². The number of hydrogen-bond acceptors (Lipinski definition) is 4. The van der Waals surface area contributed by atoms with E-state index in [4.69, 9.17) is 10.5 Å². The molecule has 1 heterocycles. The van der Waals surface area contributed by atoms with Gasteiger partial charge in [0, 0.05) is 36.2 Å². The Labute approximate surface area is 115 Å². The summed E-state index contributed by atoms with van der Waals surface area (Å²) < 4.78 is 5.34. The first-order valence-corrected chi connectivity index (χ1v) is 6.75. The van der Waals surface area contributed by atoms with Gasteiger partial charge in [-0.25, -0.2) is 0 Å². The Bertz CT molecular complexity index is 444. The normalized spacial score (nSPS) is 12.3. The molecule has 0 bridgehead atoms. The van der Waals surface area contributed by atoms with Crippen molar-refractivity contribution in [2.45, 2.75) is 52.5 Å². The second kappa shape index (κ2) is 7.24. The molecule has 1 aromatic heterocycles. The Morgan fingerprint density at radius 1 is 1.47 bits per heavy atom. The van der Waals surface area contributed by atoms with E-state index < -0.39 is 0 Å². The van der Waals surface area contributed by atoms with Crippen LogP contribution in [0, 0.1) is 13.8 Å². The molecule has 4 heteroatoms. The average Bonchev–Trinajstić information content (AvgIpc) is 2.33. The van der Waals surface area contributed by atoms with Crippen LogP contribution in [0.15, 0.2) is 6.20 Å². The van der Waals surface area contributed by atoms with E-state index in [1.54, 1.807) is 13.3 Å². The number of ether oxygens (including phenoxy) is 1. The highest BCUT2D eigenvalue weighted by Gasteiger charge is 2.14. The lowest BCUT2D eigenvalue weighted by molar-refractivity contribution is -0.118. The zero-order chi connectivity index (χ0) is 14.4. The highest BCUT2D eigenvalue weighted by Crippen LogP contribution is 2.24. The van der Waals surface area contributed by atoms with Gasteiger partial charge in [-0.3, -0.25) is 9.78 Å². The molecule has 0 fully saturated rings. The molecule has 1 rings (SSSR count). The third kappa shape index (κ3) is 4.31. The number of aryl methyl sites for hydroxylation is 1. The molecule has 2 N–H and O–H groups in total. The van der Waals surface area contributed by atoms with Gasteiger partial charge in [-0.1, -0.05) is 13.3 Å². The molecule has 0 radical (unpaired) electrons. The van der Waals surface area contributed by atoms with Crippen LogP contribution in [0.25, 0.3) is 0 Å². The number of rotatable bonds is 7. The predicted octanol–water partition coefficient (Wildman–Crippen LogP) is 2.34. The molecule has 0 aromatic carbocycles. The van der Waals surface area contributed by atoms with Crippen molar-refractivity contribution < 1.29 is 9.53 Å². The van der Waals surface area contributed by atoms with Gasteiger partial charge < -0.3 is 10.5 Å². The lowest BCUT2D eigenvalue weighted by Gasteiger charge is -2.13. The molecule has 0 saturated heterocycles. The number of carbonyl (C=O) groups excluding carboxylic acids is 1. The minimum atomic E-state index is -0.0369. The van der Waals surface area contributed by atoms with Crippen LogP contribution >= 0.6 is 0 Å². The first-order chi connectivity index (χ1) is 8.99. The zero-order valence-corrected chi connectivity index (χ0v) is 12.3. The number of nitrogens with two attached hydrogens (primary N) is 1. The summed E-state index contributed by atoms with van der Waals surface area (Å²) in [6.45, 7) is 5.95. The van der Waals surface area contributed by atoms with Crippen LogP contribution < -0.4 is 10.5 Å². The van der Waals surface area contributed by atoms with Crippen LogP contribution in [0.4, 0.5) is 0 Å². The van der Waals surface area contributed by atoms with E-state index in [9.17, 15) is 4.79 Å². The minimum absolute atomic E-state index is 0.0369. The molecular formula is C15H24N2O2. The van der Waals surface area contributed by atoms with E-state index >= 15 is 0 Å². The van der Waals surface area contributed by atoms with Gasteiger partial charge in [0.15, 0.2) is 0 Å². The fourth-order valence-electron chi connectivity index (χ4n) is 2.27. The molecule has 1 atom stereocenters. The molecule has 1 aromatic rings. The molecule has 0 aliphatic rings. The molecule has 106 valence electrons. The number of aromatic nitrogens is 1. The number of nitrogens with zero attached hydrogens (tertiary/aromatic N) is 1. The Kier molecular flexibility index (Phi) is 5.96. The fourth-order valence-corrected chi connectivity index (χ4v) is 2.27. The van der Waals surface area contributed by atoms with Crippen molar-refractivity contribution >= 4 is 5.78 Å². The highest BCUT2D eigenvalue weighted by atomic mass is 16.5. The van der Waals surface area contributed by atoms with Crippen LogP contribution in [-0.4, -0.2) is 23.9 Å². The number of methoxy groups -OCH3 is 1. The van der Waals surface area contributed by atoms with E-state index in [2.05, 4.69) is 11.9 Å². The predicted molar refractivity (Wildman–Crippen MR) is 76.5 cm³/mol. The van der Waals surface area contributed by atoms with Gasteiger partial charge in [0.05, 0.1) is 12.8 Å². The van der Waals surface area contributed by atoms with Crippen molar-refractivity contribution in [2.24, 2.45) is 5.73 Å². The van der Waals surface area contributed by atoms with Gasteiger partial charge in [-0.05, 0) is 20.3 Å². The van der Waals surface area contributed by atoms with Gasteiger partial charge in [-0.2, -0.15) is 0 Å². The molecule has 0 saturated carbocycles. The van der Waals surface area contributed by atoms with Gasteiger partial charge in [0.1, 0.15) is 11.5 Å². The number of Topliss-reactive ketones (excluding diaryl/α,β-unsaturated/α-hetero) is 1. The SMILES string of the molecule is CCCC(N)CC(=O)Cc1ncc(C)c(OC)c1C. The highest BCUT2D eigenvalue weighted by molar-refractivity contribution is 5.81. The lowest BCUT2D eigenvalue weighted by atomic mass is 10.0. The van der Waals surface area contributed by atoms with E-state index in [0.29, 0.717) is 12.8 Å². The largest absolute Gasteiger partial charge is 0.496 e. The number of ketones is 1. The second-order valence-corrected chi connectivity index (χ2v) is 5.01. The van der Waals surface area contributed by atoms with Crippen LogP contribution in [0.2, 0.25) is 0 Å². The summed E-state index contributed by atoms with van der Waals surface area (Å²) in [7, 11) is 1.64. The maximum atomic E-state index is 12.0. The standard InChI is InChI=1S/C15H24N2O2/c1-5-6-12(16)7-13(18)8-14-11(3)15(19-4)10(2)9-17-14/h9,12H,5-8,16H2,1-4H3. The summed E-state index contributed by atoms with van der Waals surface area (Å²) >= 11 is 0. The average molecular weight is 264 g/mol. The topological polar surface area (TPSA) is 65.2 Å². The summed E-state index contributed by atoms with van der Waals surface area (Å²) in [5, 5.41) is 0. The van der Waals surface area contributed by atoms with Crippen molar-refractivity contribution in [2.75, 3.05) is 7.11 Å². The van der Waals surface area contributed by atoms with Crippen LogP contribution in [-0.2, 0) is 11.2 Å². The van der Waals surface area contributed by atoms with E-state index in [-0.39, 0.29) is 11.8 Å². The molecule has 4 nitrogen and oxygen atoms in total. The maximum Gasteiger partial charge on any atom is 0.140 e. The van der Waals surface area contributed by atoms with Gasteiger partial charge in [0.25, 0.3) is 0 Å². The summed E-state index contributed by atoms with van der Waals surface area (Å²) in [6, 6.07) is -0.0369. The summed E-state index contributed by atoms with van der Waals surface area (Å²) in [5.74, 6) is 0.957. The molecule has 0 aliphatic carbocycles. The van der Waals surface area contributed by atoms with Crippen molar-refractivity contribution in [3.05, 3.63) is 23.0 Å². The van der Waals surface area contributed by atoms with Crippen molar-refractivity contribution in [3.63, 3.8) is 0 Å². The summed E-state index contributed by atoms with van der Waals surface area (Å²) in [5.41, 5.74) is 8.61. The van der Waals surface area contributed by atoms with Crippen molar-refractivity contribution in [1.29, 1.82) is 0 Å². The number of pyridine rings is 1. The lowest BCUT2D eigenvalue weighted by Crippen LogP contribution is -2.24. The first kappa shape index (κ1) is 15.6. The third-order valence-corrected chi connectivity index (χ3v) is 3.26. The zero-order valence-electron chi connectivity index (χ0n) is 12.3. The van der Waals surface area contributed by atoms with Gasteiger partial charge >= 0.3 is 0 Å². The van der Waals surface area contributed by atoms with Crippen molar-refractivity contribution in [3.8, 4) is 5.75 Å². The minimum Gasteiger partial charge on any atom is -0.496 e. The molecule has 1 unspecified atom stereocenters. The Morgan fingerprint density at radius 2 is 2.16 bits per heavy atom. The summed E-state index contributed by atoms with van der Waals surface area (Å²) in [4.78, 5) is 16.3. The smallest absolute Gasteiger partial charge is 0.140 e. The number of hydrogen-bond donors (Lipinski definition) is 1. The van der Waals surface area contributed by atoms with E-state index in [0.717, 1.165) is 35.4 Å². The quantitative estimate of drug-likeness (QED) is 0.821. The molecule has 19 heavy (non-hydrogen) atoms. The van der Waals surface area contributed by atoms with Crippen LogP contribution in [0.5, 0.6) is 5.75 Å². The first-order valence-electron chi connectivity index (χ1n) is 6.75.